The molecule has 0 spiro atoms. The summed E-state index contributed by atoms with van der Waals surface area (Å²) >= 11 is 0. The van der Waals surface area contributed by atoms with E-state index in [-0.39, 0.29) is 13.2 Å². The van der Waals surface area contributed by atoms with Gasteiger partial charge in [0.15, 0.2) is 0 Å². The smallest absolute Gasteiger partial charge is 0.371 e. The molecule has 2 N–H and O–H groups in total. The average molecular weight is 197 g/mol. The standard InChI is InChI=1S/C8H14F3NO/c1-3-7(2,4-12)5-13-6-8(9,10)11/h3H,1,4-6,12H2,2H3. The Balaban J connectivity index is 3.81. The fourth-order valence-electron chi connectivity index (χ4n) is 0.601. The molecular weight excluding hydrogens is 183 g/mol. The lowest BCUT2D eigenvalue weighted by molar-refractivity contribution is -0.178. The molecule has 0 rings (SSSR count). The van der Waals surface area contributed by atoms with Gasteiger partial charge in [0, 0.05) is 12.0 Å². The van der Waals surface area contributed by atoms with Crippen molar-refractivity contribution in [3.05, 3.63) is 12.7 Å². The van der Waals surface area contributed by atoms with Crippen LogP contribution < -0.4 is 5.73 Å². The van der Waals surface area contributed by atoms with Crippen LogP contribution in [-0.2, 0) is 4.74 Å². The van der Waals surface area contributed by atoms with Crippen LogP contribution in [0.15, 0.2) is 12.7 Å². The summed E-state index contributed by atoms with van der Waals surface area (Å²) in [5.41, 5.74) is 4.76. The summed E-state index contributed by atoms with van der Waals surface area (Å²) in [6, 6.07) is 0. The number of rotatable bonds is 5. The minimum Gasteiger partial charge on any atom is -0.371 e. The highest BCUT2D eigenvalue weighted by Crippen LogP contribution is 2.19. The van der Waals surface area contributed by atoms with Gasteiger partial charge in [0.05, 0.1) is 6.61 Å². The molecule has 5 heteroatoms. The van der Waals surface area contributed by atoms with Gasteiger partial charge in [0.1, 0.15) is 6.61 Å². The van der Waals surface area contributed by atoms with Gasteiger partial charge in [-0.15, -0.1) is 6.58 Å². The monoisotopic (exact) mass is 197 g/mol. The molecule has 2 nitrogen and oxygen atoms in total. The molecule has 0 aliphatic heterocycles. The van der Waals surface area contributed by atoms with Gasteiger partial charge in [0.25, 0.3) is 0 Å². The van der Waals surface area contributed by atoms with Crippen molar-refractivity contribution >= 4 is 0 Å². The molecule has 0 bridgehead atoms. The topological polar surface area (TPSA) is 35.2 Å². The van der Waals surface area contributed by atoms with E-state index in [1.807, 2.05) is 0 Å². The lowest BCUT2D eigenvalue weighted by Crippen LogP contribution is -2.32. The van der Waals surface area contributed by atoms with Crippen LogP contribution >= 0.6 is 0 Å². The summed E-state index contributed by atoms with van der Waals surface area (Å²) < 4.78 is 39.4. The maximum Gasteiger partial charge on any atom is 0.411 e. The molecule has 1 atom stereocenters. The maximum absolute atomic E-state index is 11.7. The number of ether oxygens (including phenoxy) is 1. The molecule has 0 saturated heterocycles. The fourth-order valence-corrected chi connectivity index (χ4v) is 0.601. The molecule has 0 aliphatic rings. The van der Waals surface area contributed by atoms with E-state index in [0.717, 1.165) is 0 Å². The lowest BCUT2D eigenvalue weighted by Gasteiger charge is -2.23. The molecule has 1 unspecified atom stereocenters. The molecule has 0 amide bonds. The molecule has 0 heterocycles. The van der Waals surface area contributed by atoms with Crippen molar-refractivity contribution in [1.29, 1.82) is 0 Å². The Hall–Kier alpha value is -0.550. The van der Waals surface area contributed by atoms with Gasteiger partial charge in [-0.2, -0.15) is 13.2 Å². The highest BCUT2D eigenvalue weighted by Gasteiger charge is 2.29. The number of hydrogen-bond donors (Lipinski definition) is 1. The quantitative estimate of drug-likeness (QED) is 0.681. The average Bonchev–Trinajstić information content (AvgIpc) is 2.02. The second-order valence-electron chi connectivity index (χ2n) is 3.17. The molecule has 13 heavy (non-hydrogen) atoms. The zero-order chi connectivity index (χ0) is 10.5. The van der Waals surface area contributed by atoms with E-state index in [1.54, 1.807) is 6.92 Å². The third-order valence-corrected chi connectivity index (χ3v) is 1.66. The van der Waals surface area contributed by atoms with Crippen molar-refractivity contribution in [2.45, 2.75) is 13.1 Å². The summed E-state index contributed by atoms with van der Waals surface area (Å²) in [6.07, 6.45) is -2.78. The first kappa shape index (κ1) is 12.4. The SMILES string of the molecule is C=CC(C)(CN)COCC(F)(F)F. The summed E-state index contributed by atoms with van der Waals surface area (Å²) in [7, 11) is 0. The number of alkyl halides is 3. The molecule has 0 aliphatic carbocycles. The summed E-state index contributed by atoms with van der Waals surface area (Å²) in [5.74, 6) is 0. The van der Waals surface area contributed by atoms with Crippen molar-refractivity contribution in [3.8, 4) is 0 Å². The van der Waals surface area contributed by atoms with Gasteiger partial charge in [-0.1, -0.05) is 13.0 Å². The van der Waals surface area contributed by atoms with Crippen molar-refractivity contribution in [1.82, 2.24) is 0 Å². The largest absolute Gasteiger partial charge is 0.411 e. The molecule has 78 valence electrons. The van der Waals surface area contributed by atoms with Crippen LogP contribution in [0.3, 0.4) is 0 Å². The third-order valence-electron chi connectivity index (χ3n) is 1.66. The lowest BCUT2D eigenvalue weighted by atomic mass is 9.92. The van der Waals surface area contributed by atoms with Gasteiger partial charge in [0.2, 0.25) is 0 Å². The van der Waals surface area contributed by atoms with Gasteiger partial charge in [-0.25, -0.2) is 0 Å². The molecule has 0 aromatic rings. The maximum atomic E-state index is 11.7. The Bertz CT molecular complexity index is 169. The normalized spacial score (nSPS) is 16.7. The first-order valence-electron chi connectivity index (χ1n) is 3.81. The van der Waals surface area contributed by atoms with Crippen molar-refractivity contribution in [2.75, 3.05) is 19.8 Å². The van der Waals surface area contributed by atoms with Crippen molar-refractivity contribution in [2.24, 2.45) is 11.1 Å². The summed E-state index contributed by atoms with van der Waals surface area (Å²) in [4.78, 5) is 0. The van der Waals surface area contributed by atoms with E-state index in [2.05, 4.69) is 11.3 Å². The zero-order valence-corrected chi connectivity index (χ0v) is 7.53. The van der Waals surface area contributed by atoms with E-state index in [4.69, 9.17) is 5.73 Å². The third kappa shape index (κ3) is 5.65. The number of halogens is 3. The molecule has 0 aromatic carbocycles. The zero-order valence-electron chi connectivity index (χ0n) is 7.53. The molecule has 0 aromatic heterocycles. The van der Waals surface area contributed by atoms with E-state index in [9.17, 15) is 13.2 Å². The van der Waals surface area contributed by atoms with Crippen LogP contribution in [-0.4, -0.2) is 25.9 Å². The molecule has 0 fully saturated rings. The first-order chi connectivity index (χ1) is 5.83. The van der Waals surface area contributed by atoms with Crippen LogP contribution in [0.2, 0.25) is 0 Å². The van der Waals surface area contributed by atoms with Crippen LogP contribution in [0, 0.1) is 5.41 Å². The second kappa shape index (κ2) is 4.62. The van der Waals surface area contributed by atoms with Crippen LogP contribution in [0.25, 0.3) is 0 Å². The number of hydrogen-bond acceptors (Lipinski definition) is 2. The predicted molar refractivity (Wildman–Crippen MR) is 44.2 cm³/mol. The minimum atomic E-state index is -4.28. The van der Waals surface area contributed by atoms with Crippen LogP contribution in [0.5, 0.6) is 0 Å². The summed E-state index contributed by atoms with van der Waals surface area (Å²) in [5, 5.41) is 0. The molecule has 0 radical (unpaired) electrons. The van der Waals surface area contributed by atoms with Crippen LogP contribution in [0.4, 0.5) is 13.2 Å². The van der Waals surface area contributed by atoms with Gasteiger partial charge in [-0.3, -0.25) is 0 Å². The van der Waals surface area contributed by atoms with Gasteiger partial charge < -0.3 is 10.5 Å². The van der Waals surface area contributed by atoms with Gasteiger partial charge >= 0.3 is 6.18 Å². The molecule has 0 saturated carbocycles. The minimum absolute atomic E-state index is 0.0630. The Kier molecular flexibility index (Phi) is 4.43. The van der Waals surface area contributed by atoms with Crippen LogP contribution in [0.1, 0.15) is 6.92 Å². The van der Waals surface area contributed by atoms with E-state index in [1.165, 1.54) is 6.08 Å². The highest BCUT2D eigenvalue weighted by molar-refractivity contribution is 4.92. The summed E-state index contributed by atoms with van der Waals surface area (Å²) in [6.45, 7) is 4.08. The second-order valence-corrected chi connectivity index (χ2v) is 3.17. The van der Waals surface area contributed by atoms with E-state index < -0.39 is 18.2 Å². The fraction of sp³-hybridized carbons (Fsp3) is 0.750. The number of nitrogens with two attached hydrogens (primary N) is 1. The predicted octanol–water partition coefficient (Wildman–Crippen LogP) is 1.72. The van der Waals surface area contributed by atoms with Gasteiger partial charge in [-0.05, 0) is 0 Å². The Labute approximate surface area is 75.6 Å². The van der Waals surface area contributed by atoms with E-state index >= 15 is 0 Å². The highest BCUT2D eigenvalue weighted by atomic mass is 19.4. The Morgan fingerprint density at radius 1 is 1.38 bits per heavy atom. The van der Waals surface area contributed by atoms with E-state index in [0.29, 0.717) is 0 Å². The Morgan fingerprint density at radius 2 is 1.92 bits per heavy atom. The Morgan fingerprint density at radius 3 is 2.23 bits per heavy atom. The molecular formula is C8H14F3NO. The first-order valence-corrected chi connectivity index (χ1v) is 3.81. The van der Waals surface area contributed by atoms with Crippen molar-refractivity contribution in [3.63, 3.8) is 0 Å². The van der Waals surface area contributed by atoms with Crippen molar-refractivity contribution < 1.29 is 17.9 Å².